The van der Waals surface area contributed by atoms with Gasteiger partial charge in [0.1, 0.15) is 11.4 Å². The lowest BCUT2D eigenvalue weighted by Gasteiger charge is -2.29. The third kappa shape index (κ3) is 4.24. The van der Waals surface area contributed by atoms with Gasteiger partial charge in [0.05, 0.1) is 34.4 Å². The number of hydrogen-bond acceptors (Lipinski definition) is 3. The molecule has 5 nitrogen and oxygen atoms in total. The summed E-state index contributed by atoms with van der Waals surface area (Å²) in [6.45, 7) is 8.65. The molecule has 0 bridgehead atoms. The molecule has 0 N–H and O–H groups in total. The average molecular weight is 321 g/mol. The number of quaternary nitrogens is 1. The van der Waals surface area contributed by atoms with Gasteiger partial charge >= 0.3 is 6.09 Å². The number of carbonyl (C=O) groups excluding carboxylic acids is 1. The number of aryl methyl sites for hydroxylation is 1. The molecule has 0 radical (unpaired) electrons. The Labute approximate surface area is 139 Å². The normalized spacial score (nSPS) is 15.9. The fourth-order valence-electron chi connectivity index (χ4n) is 2.75. The van der Waals surface area contributed by atoms with Crippen molar-refractivity contribution in [2.75, 3.05) is 47.4 Å². The summed E-state index contributed by atoms with van der Waals surface area (Å²) in [7, 11) is 6.46. The summed E-state index contributed by atoms with van der Waals surface area (Å²) in [6.07, 6.45) is -0.288. The third-order valence-electron chi connectivity index (χ3n) is 4.14. The van der Waals surface area contributed by atoms with Crippen LogP contribution < -0.4 is 9.22 Å². The number of ether oxygens (including phenoxy) is 2. The average Bonchev–Trinajstić information content (AvgIpc) is 2.48. The predicted octanol–water partition coefficient (Wildman–Crippen LogP) is 3.15. The van der Waals surface area contributed by atoms with E-state index in [1.807, 2.05) is 13.0 Å². The summed E-state index contributed by atoms with van der Waals surface area (Å²) in [5, 5.41) is 0. The van der Waals surface area contributed by atoms with E-state index in [1.165, 1.54) is 11.3 Å². The predicted molar refractivity (Wildman–Crippen MR) is 93.3 cm³/mol. The maximum absolute atomic E-state index is 12.3. The van der Waals surface area contributed by atoms with Crippen molar-refractivity contribution < 1.29 is 14.3 Å². The highest BCUT2D eigenvalue weighted by Gasteiger charge is 2.24. The minimum absolute atomic E-state index is 0.288. The van der Waals surface area contributed by atoms with E-state index in [0.29, 0.717) is 38.0 Å². The van der Waals surface area contributed by atoms with Gasteiger partial charge < -0.3 is 14.4 Å². The van der Waals surface area contributed by atoms with Crippen LogP contribution in [0.2, 0.25) is 0 Å². The van der Waals surface area contributed by atoms with E-state index in [9.17, 15) is 4.79 Å². The quantitative estimate of drug-likeness (QED) is 0.803. The topological polar surface area (TPSA) is 38.8 Å². The van der Waals surface area contributed by atoms with Crippen molar-refractivity contribution in [1.29, 1.82) is 0 Å². The number of rotatable bonds is 3. The molecule has 2 rings (SSSR count). The fourth-order valence-corrected chi connectivity index (χ4v) is 2.75. The molecule has 1 saturated heterocycles. The summed E-state index contributed by atoms with van der Waals surface area (Å²) in [5.41, 5.74) is 3.45. The molecule has 5 heteroatoms. The second-order valence-electron chi connectivity index (χ2n) is 7.31. The summed E-state index contributed by atoms with van der Waals surface area (Å²) < 4.78 is 11.7. The Morgan fingerprint density at radius 2 is 1.83 bits per heavy atom. The van der Waals surface area contributed by atoms with Gasteiger partial charge in [0.15, 0.2) is 0 Å². The maximum Gasteiger partial charge on any atom is 0.415 e. The molecule has 1 fully saturated rings. The maximum atomic E-state index is 12.3. The molecule has 0 spiro atoms. The molecule has 0 aliphatic carbocycles. The Kier molecular flexibility index (Phi) is 5.32. The van der Waals surface area contributed by atoms with Gasteiger partial charge in [-0.05, 0) is 24.5 Å². The van der Waals surface area contributed by atoms with E-state index in [4.69, 9.17) is 9.47 Å². The highest BCUT2D eigenvalue weighted by atomic mass is 16.6. The largest absolute Gasteiger partial charge is 0.415 e. The molecule has 1 aromatic rings. The molecular weight excluding hydrogens is 292 g/mol. The van der Waals surface area contributed by atoms with Crippen LogP contribution in [-0.4, -0.2) is 58.4 Å². The summed E-state index contributed by atoms with van der Waals surface area (Å²) in [5.74, 6) is 1.02. The third-order valence-corrected chi connectivity index (χ3v) is 4.14. The first-order chi connectivity index (χ1) is 10.7. The summed E-state index contributed by atoms with van der Waals surface area (Å²) in [6, 6.07) is 4.16. The molecule has 0 unspecified atom stereocenters. The molecular formula is C18H29N2O3+. The van der Waals surface area contributed by atoms with Crippen LogP contribution in [0.4, 0.5) is 10.5 Å². The number of carbonyl (C=O) groups is 1. The zero-order valence-corrected chi connectivity index (χ0v) is 15.2. The van der Waals surface area contributed by atoms with Crippen molar-refractivity contribution in [2.45, 2.75) is 26.7 Å². The van der Waals surface area contributed by atoms with E-state index in [2.05, 4.69) is 41.1 Å². The van der Waals surface area contributed by atoms with Crippen LogP contribution >= 0.6 is 0 Å². The standard InChI is InChI=1S/C18H29N2O3/c1-13(2)15-12-17(14(3)11-16(15)20(4,5)6)23-18(21)19-7-9-22-10-8-19/h11-13H,7-10H2,1-6H3/q+1. The van der Waals surface area contributed by atoms with Crippen molar-refractivity contribution in [3.8, 4) is 5.75 Å². The highest BCUT2D eigenvalue weighted by Crippen LogP contribution is 2.35. The van der Waals surface area contributed by atoms with E-state index < -0.39 is 0 Å². The van der Waals surface area contributed by atoms with Crippen LogP contribution in [0, 0.1) is 6.92 Å². The minimum Gasteiger partial charge on any atom is -0.410 e. The van der Waals surface area contributed by atoms with Gasteiger partial charge in [0.25, 0.3) is 0 Å². The molecule has 0 saturated carbocycles. The second kappa shape index (κ2) is 6.89. The molecule has 1 amide bonds. The summed E-state index contributed by atoms with van der Waals surface area (Å²) in [4.78, 5) is 14.0. The van der Waals surface area contributed by atoms with E-state index in [1.54, 1.807) is 4.90 Å². The van der Waals surface area contributed by atoms with E-state index in [-0.39, 0.29) is 6.09 Å². The van der Waals surface area contributed by atoms with Crippen molar-refractivity contribution in [1.82, 2.24) is 9.38 Å². The van der Waals surface area contributed by atoms with Gasteiger partial charge in [-0.3, -0.25) is 4.48 Å². The Balaban J connectivity index is 2.28. The number of nitrogens with zero attached hydrogens (tertiary/aromatic N) is 2. The Hall–Kier alpha value is -1.59. The highest BCUT2D eigenvalue weighted by molar-refractivity contribution is 5.72. The number of benzene rings is 1. The fraction of sp³-hybridized carbons (Fsp3) is 0.611. The first kappa shape index (κ1) is 17.8. The van der Waals surface area contributed by atoms with Gasteiger partial charge in [0, 0.05) is 24.7 Å². The molecule has 1 heterocycles. The lowest BCUT2D eigenvalue weighted by atomic mass is 9.97. The van der Waals surface area contributed by atoms with Crippen LogP contribution in [0.1, 0.15) is 30.9 Å². The molecule has 0 atom stereocenters. The van der Waals surface area contributed by atoms with E-state index >= 15 is 0 Å². The Morgan fingerprint density at radius 3 is 2.35 bits per heavy atom. The lowest BCUT2D eigenvalue weighted by molar-refractivity contribution is 0.0415. The summed E-state index contributed by atoms with van der Waals surface area (Å²) >= 11 is 0. The first-order valence-electron chi connectivity index (χ1n) is 8.21. The molecule has 23 heavy (non-hydrogen) atoms. The molecule has 1 aromatic carbocycles. The molecule has 0 aromatic heterocycles. The number of morpholine rings is 1. The van der Waals surface area contributed by atoms with Crippen molar-refractivity contribution in [2.24, 2.45) is 0 Å². The van der Waals surface area contributed by atoms with E-state index in [0.717, 1.165) is 10.0 Å². The first-order valence-corrected chi connectivity index (χ1v) is 8.21. The minimum atomic E-state index is -0.288. The Bertz CT molecular complexity index is 570. The van der Waals surface area contributed by atoms with Crippen molar-refractivity contribution in [3.05, 3.63) is 23.3 Å². The zero-order valence-electron chi connectivity index (χ0n) is 15.2. The van der Waals surface area contributed by atoms with Gasteiger partial charge in [0.2, 0.25) is 0 Å². The van der Waals surface area contributed by atoms with Crippen molar-refractivity contribution in [3.63, 3.8) is 0 Å². The number of hydrogen-bond donors (Lipinski definition) is 0. The number of amides is 1. The SMILES string of the molecule is Cc1cc([N+](C)(C)C)c(C(C)C)cc1OC(=O)N1CCOCC1. The van der Waals surface area contributed by atoms with Crippen LogP contribution in [0.15, 0.2) is 12.1 Å². The van der Waals surface area contributed by atoms with Gasteiger partial charge in [-0.1, -0.05) is 13.8 Å². The van der Waals surface area contributed by atoms with Crippen molar-refractivity contribution >= 4 is 11.8 Å². The molecule has 1 aliphatic rings. The molecule has 1 aliphatic heterocycles. The smallest absolute Gasteiger partial charge is 0.410 e. The van der Waals surface area contributed by atoms with Crippen LogP contribution in [0.25, 0.3) is 0 Å². The van der Waals surface area contributed by atoms with Gasteiger partial charge in [-0.25, -0.2) is 4.79 Å². The zero-order chi connectivity index (χ0) is 17.2. The van der Waals surface area contributed by atoms with Gasteiger partial charge in [-0.2, -0.15) is 0 Å². The van der Waals surface area contributed by atoms with Crippen LogP contribution in [-0.2, 0) is 4.74 Å². The monoisotopic (exact) mass is 321 g/mol. The Morgan fingerprint density at radius 1 is 1.22 bits per heavy atom. The van der Waals surface area contributed by atoms with Crippen LogP contribution in [0.5, 0.6) is 5.75 Å². The molecule has 128 valence electrons. The van der Waals surface area contributed by atoms with Crippen LogP contribution in [0.3, 0.4) is 0 Å². The van der Waals surface area contributed by atoms with Gasteiger partial charge in [-0.15, -0.1) is 0 Å². The lowest BCUT2D eigenvalue weighted by Crippen LogP contribution is -2.42. The second-order valence-corrected chi connectivity index (χ2v) is 7.31.